The molecule has 0 saturated carbocycles. The van der Waals surface area contributed by atoms with E-state index in [0.29, 0.717) is 27.7 Å². The molecule has 2 heterocycles. The van der Waals surface area contributed by atoms with Crippen LogP contribution in [0.15, 0.2) is 42.5 Å². The van der Waals surface area contributed by atoms with Gasteiger partial charge >= 0.3 is 0 Å². The number of likely N-dealkylation sites (N-methyl/N-ethyl adjacent to an activating group) is 2. The summed E-state index contributed by atoms with van der Waals surface area (Å²) in [7, 11) is 4.07. The average Bonchev–Trinajstić information content (AvgIpc) is 2.98. The van der Waals surface area contributed by atoms with Crippen LogP contribution in [0.25, 0.3) is 0 Å². The third-order valence-corrected chi connectivity index (χ3v) is 7.14. The van der Waals surface area contributed by atoms with E-state index in [4.69, 9.17) is 23.2 Å². The number of amides is 1. The predicted octanol–water partition coefficient (Wildman–Crippen LogP) is 4.98. The summed E-state index contributed by atoms with van der Waals surface area (Å²) in [5, 5.41) is 0.920. The van der Waals surface area contributed by atoms with Crippen molar-refractivity contribution in [2.45, 2.75) is 44.3 Å². The van der Waals surface area contributed by atoms with Gasteiger partial charge in [-0.25, -0.2) is 0 Å². The first-order valence-corrected chi connectivity index (χ1v) is 11.4. The highest BCUT2D eigenvalue weighted by atomic mass is 35.5. The molecule has 6 heteroatoms. The third-order valence-electron chi connectivity index (χ3n) is 6.59. The Hall–Kier alpha value is -1.75. The maximum atomic E-state index is 13.0. The summed E-state index contributed by atoms with van der Waals surface area (Å²) in [6.07, 6.45) is 3.31. The van der Waals surface area contributed by atoms with Gasteiger partial charge in [0.1, 0.15) is 0 Å². The van der Waals surface area contributed by atoms with Crippen LogP contribution in [0.2, 0.25) is 10.0 Å². The largest absolute Gasteiger partial charge is 0.363 e. The van der Waals surface area contributed by atoms with Gasteiger partial charge in [-0.2, -0.15) is 0 Å². The second-order valence-corrected chi connectivity index (χ2v) is 9.58. The van der Waals surface area contributed by atoms with Gasteiger partial charge in [0, 0.05) is 49.0 Å². The molecule has 2 bridgehead atoms. The van der Waals surface area contributed by atoms with Crippen LogP contribution in [-0.4, -0.2) is 61.0 Å². The Labute approximate surface area is 189 Å². The Morgan fingerprint density at radius 1 is 1.13 bits per heavy atom. The number of piperazine rings is 1. The molecular formula is C24H29Cl2N3O. The number of rotatable bonds is 5. The Balaban J connectivity index is 1.53. The van der Waals surface area contributed by atoms with E-state index in [0.717, 1.165) is 19.5 Å². The van der Waals surface area contributed by atoms with E-state index in [-0.39, 0.29) is 11.9 Å². The van der Waals surface area contributed by atoms with Gasteiger partial charge in [0.05, 0.1) is 10.6 Å². The number of benzene rings is 2. The minimum atomic E-state index is -0.0821. The molecule has 0 spiro atoms. The minimum Gasteiger partial charge on any atom is -0.363 e. The van der Waals surface area contributed by atoms with Crippen LogP contribution in [0.3, 0.4) is 0 Å². The zero-order chi connectivity index (χ0) is 21.4. The summed E-state index contributed by atoms with van der Waals surface area (Å²) in [5.41, 5.74) is 3.12. The molecule has 2 saturated heterocycles. The zero-order valence-electron chi connectivity index (χ0n) is 17.8. The number of anilines is 1. The molecule has 2 aliphatic rings. The van der Waals surface area contributed by atoms with Gasteiger partial charge in [0.15, 0.2) is 0 Å². The van der Waals surface area contributed by atoms with Crippen molar-refractivity contribution in [3.63, 3.8) is 0 Å². The minimum absolute atomic E-state index is 0.0375. The molecule has 3 unspecified atom stereocenters. The maximum absolute atomic E-state index is 13.0. The molecule has 0 aromatic heterocycles. The lowest BCUT2D eigenvalue weighted by atomic mass is 10.0. The fourth-order valence-corrected chi connectivity index (χ4v) is 5.44. The highest BCUT2D eigenvalue weighted by Gasteiger charge is 2.39. The highest BCUT2D eigenvalue weighted by Crippen LogP contribution is 2.37. The van der Waals surface area contributed by atoms with Crippen molar-refractivity contribution in [3.05, 3.63) is 63.6 Å². The van der Waals surface area contributed by atoms with Gasteiger partial charge in [-0.3, -0.25) is 4.79 Å². The lowest BCUT2D eigenvalue weighted by Gasteiger charge is -2.42. The second-order valence-electron chi connectivity index (χ2n) is 8.74. The number of nitrogens with zero attached hydrogens (tertiary/aromatic N) is 3. The van der Waals surface area contributed by atoms with Gasteiger partial charge in [-0.15, -0.1) is 0 Å². The van der Waals surface area contributed by atoms with Crippen LogP contribution >= 0.6 is 23.2 Å². The number of fused-ring (bicyclic) bond motifs is 2. The normalized spacial score (nSPS) is 22.2. The molecular weight excluding hydrogens is 417 g/mol. The molecule has 4 rings (SSSR count). The fraction of sp³-hybridized carbons (Fsp3) is 0.458. The summed E-state index contributed by atoms with van der Waals surface area (Å²) in [4.78, 5) is 19.9. The number of likely N-dealkylation sites (tertiary alicyclic amines) is 1. The summed E-state index contributed by atoms with van der Waals surface area (Å²) < 4.78 is 0. The summed E-state index contributed by atoms with van der Waals surface area (Å²) in [6.45, 7) is 4.33. The van der Waals surface area contributed by atoms with Gasteiger partial charge in [0.25, 0.3) is 5.91 Å². The molecule has 2 fully saturated rings. The molecule has 2 aliphatic heterocycles. The molecule has 2 aromatic rings. The van der Waals surface area contributed by atoms with E-state index in [2.05, 4.69) is 48.0 Å². The summed E-state index contributed by atoms with van der Waals surface area (Å²) in [5.74, 6) is -0.0821. The standard InChI is InChI=1S/C24H29Cl2N3O/c1-16(28(3)24(30)21-11-8-18(25)13-22(21)26)12-17-6-4-5-7-23(17)29-19-9-10-20(29)15-27(2)14-19/h4-8,11,13,16,19-20H,9-10,12,14-15H2,1-3H3. The number of halogens is 2. The molecule has 0 N–H and O–H groups in total. The van der Waals surface area contributed by atoms with Crippen molar-refractivity contribution in [1.82, 2.24) is 9.80 Å². The van der Waals surface area contributed by atoms with E-state index in [9.17, 15) is 4.79 Å². The van der Waals surface area contributed by atoms with Crippen LogP contribution in [0, 0.1) is 0 Å². The first kappa shape index (κ1) is 21.5. The number of hydrogen-bond acceptors (Lipinski definition) is 3. The highest BCUT2D eigenvalue weighted by molar-refractivity contribution is 6.36. The Morgan fingerprint density at radius 2 is 1.80 bits per heavy atom. The van der Waals surface area contributed by atoms with Crippen LogP contribution < -0.4 is 4.90 Å². The summed E-state index contributed by atoms with van der Waals surface area (Å²) in [6, 6.07) is 14.9. The monoisotopic (exact) mass is 445 g/mol. The quantitative estimate of drug-likeness (QED) is 0.648. The Morgan fingerprint density at radius 3 is 2.47 bits per heavy atom. The van der Waals surface area contributed by atoms with Gasteiger partial charge in [-0.1, -0.05) is 41.4 Å². The molecule has 0 radical (unpaired) electrons. The first-order valence-electron chi connectivity index (χ1n) is 10.6. The van der Waals surface area contributed by atoms with Gasteiger partial charge < -0.3 is 14.7 Å². The van der Waals surface area contributed by atoms with Crippen molar-refractivity contribution in [2.24, 2.45) is 0 Å². The van der Waals surface area contributed by atoms with E-state index < -0.39 is 0 Å². The molecule has 2 aromatic carbocycles. The predicted molar refractivity (Wildman–Crippen MR) is 125 cm³/mol. The van der Waals surface area contributed by atoms with Gasteiger partial charge in [-0.05, 0) is 63.1 Å². The maximum Gasteiger partial charge on any atom is 0.255 e. The molecule has 160 valence electrons. The topological polar surface area (TPSA) is 26.8 Å². The van der Waals surface area contributed by atoms with Crippen LogP contribution in [0.5, 0.6) is 0 Å². The SMILES string of the molecule is CC(Cc1ccccc1N1C2CCC1CN(C)C2)N(C)C(=O)c1ccc(Cl)cc1Cl. The van der Waals surface area contributed by atoms with Crippen molar-refractivity contribution >= 4 is 34.8 Å². The van der Waals surface area contributed by atoms with Crippen LogP contribution in [0.1, 0.15) is 35.7 Å². The molecule has 1 amide bonds. The van der Waals surface area contributed by atoms with E-state index >= 15 is 0 Å². The second kappa shape index (κ2) is 8.78. The Bertz CT molecular complexity index is 920. The van der Waals surface area contributed by atoms with Crippen molar-refractivity contribution < 1.29 is 4.79 Å². The third kappa shape index (κ3) is 4.18. The molecule has 30 heavy (non-hydrogen) atoms. The van der Waals surface area contributed by atoms with Crippen LogP contribution in [0.4, 0.5) is 5.69 Å². The summed E-state index contributed by atoms with van der Waals surface area (Å²) >= 11 is 12.3. The molecule has 0 aliphatic carbocycles. The van der Waals surface area contributed by atoms with Gasteiger partial charge in [0.2, 0.25) is 0 Å². The number of carbonyl (C=O) groups excluding carboxylic acids is 1. The van der Waals surface area contributed by atoms with Crippen LogP contribution in [-0.2, 0) is 6.42 Å². The van der Waals surface area contributed by atoms with Crippen molar-refractivity contribution in [2.75, 3.05) is 32.1 Å². The lowest BCUT2D eigenvalue weighted by Crippen LogP contribution is -2.52. The smallest absolute Gasteiger partial charge is 0.255 e. The van der Waals surface area contributed by atoms with Crippen molar-refractivity contribution in [3.8, 4) is 0 Å². The number of carbonyl (C=O) groups is 1. The first-order chi connectivity index (χ1) is 14.3. The number of para-hydroxylation sites is 1. The van der Waals surface area contributed by atoms with E-state index in [1.165, 1.54) is 24.1 Å². The van der Waals surface area contributed by atoms with Crippen molar-refractivity contribution in [1.29, 1.82) is 0 Å². The average molecular weight is 446 g/mol. The molecule has 3 atom stereocenters. The Kier molecular flexibility index (Phi) is 6.29. The fourth-order valence-electron chi connectivity index (χ4n) is 4.95. The van der Waals surface area contributed by atoms with E-state index in [1.807, 2.05) is 7.05 Å². The lowest BCUT2D eigenvalue weighted by molar-refractivity contribution is 0.0743. The number of hydrogen-bond donors (Lipinski definition) is 0. The molecule has 4 nitrogen and oxygen atoms in total. The van der Waals surface area contributed by atoms with E-state index in [1.54, 1.807) is 23.1 Å². The zero-order valence-corrected chi connectivity index (χ0v) is 19.3.